The van der Waals surface area contributed by atoms with E-state index in [4.69, 9.17) is 0 Å². The van der Waals surface area contributed by atoms with Crippen molar-refractivity contribution < 1.29 is 4.79 Å². The highest BCUT2D eigenvalue weighted by Crippen LogP contribution is 2.24. The van der Waals surface area contributed by atoms with Crippen LogP contribution in [0, 0.1) is 18.8 Å². The summed E-state index contributed by atoms with van der Waals surface area (Å²) in [6.45, 7) is 7.85. The summed E-state index contributed by atoms with van der Waals surface area (Å²) < 4.78 is 1.27. The van der Waals surface area contributed by atoms with Crippen LogP contribution < -0.4 is 5.56 Å². The molecule has 2 aromatic heterocycles. The number of likely N-dealkylation sites (tertiary alicyclic amines) is 1. The fraction of sp³-hybridized carbons (Fsp3) is 0.450. The van der Waals surface area contributed by atoms with Crippen molar-refractivity contribution in [2.75, 3.05) is 13.1 Å². The highest BCUT2D eigenvalue weighted by Gasteiger charge is 2.26. The molecule has 3 aromatic rings. The standard InChI is InChI=1S/C20H24N4O2/c1-12-4-5-17-15(7-12)16-8-21-24(20(26)19(16)22-17)11-18(25)23-9-13(2)6-14(3)10-23/h4-5,7-8,13-14,22H,6,9-11H2,1-3H3/t13-,14-/m1/s1. The van der Waals surface area contributed by atoms with Crippen molar-refractivity contribution >= 4 is 27.7 Å². The largest absolute Gasteiger partial charge is 0.350 e. The summed E-state index contributed by atoms with van der Waals surface area (Å²) >= 11 is 0. The second kappa shape index (κ2) is 6.27. The number of rotatable bonds is 2. The number of aromatic amines is 1. The van der Waals surface area contributed by atoms with Gasteiger partial charge in [0.2, 0.25) is 5.91 Å². The van der Waals surface area contributed by atoms with Gasteiger partial charge < -0.3 is 9.88 Å². The molecule has 1 saturated heterocycles. The number of piperidine rings is 1. The maximum absolute atomic E-state index is 12.8. The minimum absolute atomic E-state index is 0.0113. The zero-order valence-corrected chi connectivity index (χ0v) is 15.5. The molecule has 3 heterocycles. The number of amides is 1. The van der Waals surface area contributed by atoms with Crippen molar-refractivity contribution in [3.63, 3.8) is 0 Å². The molecule has 2 atom stereocenters. The Hall–Kier alpha value is -2.63. The fourth-order valence-electron chi connectivity index (χ4n) is 4.15. The van der Waals surface area contributed by atoms with E-state index in [0.717, 1.165) is 41.4 Å². The minimum Gasteiger partial charge on any atom is -0.350 e. The molecule has 0 saturated carbocycles. The van der Waals surface area contributed by atoms with E-state index in [0.29, 0.717) is 17.4 Å². The number of aryl methyl sites for hydroxylation is 1. The molecule has 0 bridgehead atoms. The molecule has 6 nitrogen and oxygen atoms in total. The Morgan fingerprint density at radius 2 is 1.96 bits per heavy atom. The first-order valence-corrected chi connectivity index (χ1v) is 9.18. The smallest absolute Gasteiger partial charge is 0.291 e. The molecular formula is C20H24N4O2. The zero-order valence-electron chi connectivity index (χ0n) is 15.5. The summed E-state index contributed by atoms with van der Waals surface area (Å²) in [6.07, 6.45) is 2.83. The lowest BCUT2D eigenvalue weighted by molar-refractivity contribution is -0.134. The molecule has 1 aliphatic rings. The predicted octanol–water partition coefficient (Wildman–Crippen LogP) is 2.69. The van der Waals surface area contributed by atoms with Crippen molar-refractivity contribution in [2.24, 2.45) is 11.8 Å². The number of nitrogens with one attached hydrogen (secondary N) is 1. The van der Waals surface area contributed by atoms with Gasteiger partial charge >= 0.3 is 0 Å². The molecule has 1 amide bonds. The van der Waals surface area contributed by atoms with E-state index in [1.807, 2.05) is 30.0 Å². The van der Waals surface area contributed by atoms with Gasteiger partial charge in [0.1, 0.15) is 12.1 Å². The van der Waals surface area contributed by atoms with E-state index in [9.17, 15) is 9.59 Å². The molecule has 1 aliphatic heterocycles. The van der Waals surface area contributed by atoms with Crippen LogP contribution >= 0.6 is 0 Å². The zero-order chi connectivity index (χ0) is 18.4. The van der Waals surface area contributed by atoms with Gasteiger partial charge in [0.05, 0.1) is 6.20 Å². The van der Waals surface area contributed by atoms with Crippen molar-refractivity contribution in [2.45, 2.75) is 33.7 Å². The maximum atomic E-state index is 12.8. The third-order valence-electron chi connectivity index (χ3n) is 5.28. The summed E-state index contributed by atoms with van der Waals surface area (Å²) in [6, 6.07) is 6.02. The summed E-state index contributed by atoms with van der Waals surface area (Å²) in [5.41, 5.74) is 2.30. The lowest BCUT2D eigenvalue weighted by atomic mass is 9.92. The highest BCUT2D eigenvalue weighted by atomic mass is 16.2. The highest BCUT2D eigenvalue weighted by molar-refractivity contribution is 6.06. The van der Waals surface area contributed by atoms with Crippen LogP contribution in [0.5, 0.6) is 0 Å². The number of carbonyl (C=O) groups excluding carboxylic acids is 1. The van der Waals surface area contributed by atoms with Crippen LogP contribution in [0.15, 0.2) is 29.2 Å². The Morgan fingerprint density at radius 1 is 1.23 bits per heavy atom. The first kappa shape index (κ1) is 16.8. The Kier molecular flexibility index (Phi) is 4.05. The SMILES string of the molecule is Cc1ccc2[nH]c3c(=O)n(CC(=O)N4C[C@H](C)C[C@@H](C)C4)ncc3c2c1. The number of hydrogen-bond donors (Lipinski definition) is 1. The van der Waals surface area contributed by atoms with E-state index in [1.54, 1.807) is 6.20 Å². The number of aromatic nitrogens is 3. The number of nitrogens with zero attached hydrogens (tertiary/aromatic N) is 3. The van der Waals surface area contributed by atoms with Gasteiger partial charge in [-0.1, -0.05) is 25.5 Å². The van der Waals surface area contributed by atoms with Gasteiger partial charge in [0.25, 0.3) is 5.56 Å². The summed E-state index contributed by atoms with van der Waals surface area (Å²) in [4.78, 5) is 30.6. The van der Waals surface area contributed by atoms with E-state index in [2.05, 4.69) is 23.9 Å². The number of fused-ring (bicyclic) bond motifs is 3. The summed E-state index contributed by atoms with van der Waals surface area (Å²) in [5, 5.41) is 6.06. The predicted molar refractivity (Wildman–Crippen MR) is 102 cm³/mol. The number of carbonyl (C=O) groups is 1. The van der Waals surface area contributed by atoms with Crippen LogP contribution in [0.3, 0.4) is 0 Å². The monoisotopic (exact) mass is 352 g/mol. The van der Waals surface area contributed by atoms with Crippen LogP contribution in [0.1, 0.15) is 25.8 Å². The second-order valence-electron chi connectivity index (χ2n) is 7.81. The van der Waals surface area contributed by atoms with Gasteiger partial charge in [0, 0.05) is 29.4 Å². The Bertz CT molecular complexity index is 1040. The third-order valence-corrected chi connectivity index (χ3v) is 5.28. The molecule has 1 aromatic carbocycles. The third kappa shape index (κ3) is 2.89. The Labute approximate surface area is 151 Å². The van der Waals surface area contributed by atoms with Crippen molar-refractivity contribution in [1.29, 1.82) is 0 Å². The Balaban J connectivity index is 1.67. The van der Waals surface area contributed by atoms with Crippen LogP contribution in [0.25, 0.3) is 21.8 Å². The van der Waals surface area contributed by atoms with E-state index >= 15 is 0 Å². The van der Waals surface area contributed by atoms with Crippen molar-refractivity contribution in [1.82, 2.24) is 19.7 Å². The average Bonchev–Trinajstić information content (AvgIpc) is 2.95. The lowest BCUT2D eigenvalue weighted by Gasteiger charge is -2.35. The van der Waals surface area contributed by atoms with E-state index < -0.39 is 0 Å². The molecule has 0 radical (unpaired) electrons. The van der Waals surface area contributed by atoms with Crippen molar-refractivity contribution in [3.05, 3.63) is 40.3 Å². The lowest BCUT2D eigenvalue weighted by Crippen LogP contribution is -2.45. The normalized spacial score (nSPS) is 20.8. The molecule has 0 unspecified atom stereocenters. The van der Waals surface area contributed by atoms with Gasteiger partial charge in [-0.25, -0.2) is 4.68 Å². The molecule has 136 valence electrons. The summed E-state index contributed by atoms with van der Waals surface area (Å²) in [5.74, 6) is 0.947. The van der Waals surface area contributed by atoms with Crippen LogP contribution in [-0.4, -0.2) is 38.7 Å². The first-order chi connectivity index (χ1) is 12.4. The number of H-pyrrole nitrogens is 1. The molecule has 1 fully saturated rings. The van der Waals surface area contributed by atoms with Crippen LogP contribution in [0.2, 0.25) is 0 Å². The van der Waals surface area contributed by atoms with Gasteiger partial charge in [-0.05, 0) is 37.3 Å². The van der Waals surface area contributed by atoms with Crippen LogP contribution in [-0.2, 0) is 11.3 Å². The topological polar surface area (TPSA) is 71.0 Å². The second-order valence-corrected chi connectivity index (χ2v) is 7.81. The number of benzene rings is 1. The van der Waals surface area contributed by atoms with Crippen molar-refractivity contribution in [3.8, 4) is 0 Å². The van der Waals surface area contributed by atoms with Gasteiger partial charge in [0.15, 0.2) is 0 Å². The minimum atomic E-state index is -0.247. The quantitative estimate of drug-likeness (QED) is 0.771. The molecule has 26 heavy (non-hydrogen) atoms. The van der Waals surface area contributed by atoms with Crippen LogP contribution in [0.4, 0.5) is 0 Å². The summed E-state index contributed by atoms with van der Waals surface area (Å²) in [7, 11) is 0. The fourth-order valence-corrected chi connectivity index (χ4v) is 4.15. The van der Waals surface area contributed by atoms with E-state index in [1.165, 1.54) is 4.68 Å². The molecular weight excluding hydrogens is 328 g/mol. The Morgan fingerprint density at radius 3 is 2.69 bits per heavy atom. The number of hydrogen-bond acceptors (Lipinski definition) is 3. The first-order valence-electron chi connectivity index (χ1n) is 9.18. The molecule has 0 spiro atoms. The van der Waals surface area contributed by atoms with E-state index in [-0.39, 0.29) is 18.0 Å². The van der Waals surface area contributed by atoms with Gasteiger partial charge in [-0.15, -0.1) is 0 Å². The molecule has 4 rings (SSSR count). The molecule has 1 N–H and O–H groups in total. The maximum Gasteiger partial charge on any atom is 0.291 e. The average molecular weight is 352 g/mol. The molecule has 0 aliphatic carbocycles. The van der Waals surface area contributed by atoms with Gasteiger partial charge in [-0.3, -0.25) is 9.59 Å². The molecule has 6 heteroatoms. The van der Waals surface area contributed by atoms with Gasteiger partial charge in [-0.2, -0.15) is 5.10 Å².